The third kappa shape index (κ3) is 2.90. The lowest BCUT2D eigenvalue weighted by molar-refractivity contribution is 0.111. The van der Waals surface area contributed by atoms with Crippen molar-refractivity contribution in [1.29, 1.82) is 0 Å². The summed E-state index contributed by atoms with van der Waals surface area (Å²) in [5, 5.41) is 0. The molecule has 0 aromatic heterocycles. The summed E-state index contributed by atoms with van der Waals surface area (Å²) in [5.41, 5.74) is 0.498. The van der Waals surface area contributed by atoms with Gasteiger partial charge in [-0.3, -0.25) is 4.79 Å². The molecular weight excluding hydrogens is 252 g/mol. The zero-order valence-corrected chi connectivity index (χ0v) is 11.3. The zero-order valence-electron chi connectivity index (χ0n) is 10.5. The maximum atomic E-state index is 11.4. The van der Waals surface area contributed by atoms with Gasteiger partial charge in [0.2, 0.25) is 0 Å². The average Bonchev–Trinajstić information content (AvgIpc) is 3.04. The van der Waals surface area contributed by atoms with Gasteiger partial charge in [-0.25, -0.2) is 8.42 Å². The van der Waals surface area contributed by atoms with Crippen molar-refractivity contribution in [1.82, 2.24) is 0 Å². The smallest absolute Gasteiger partial charge is 0.175 e. The van der Waals surface area contributed by atoms with Crippen molar-refractivity contribution in [3.8, 4) is 5.75 Å². The number of sulfone groups is 1. The Kier molecular flexibility index (Phi) is 3.19. The third-order valence-electron chi connectivity index (χ3n) is 3.22. The van der Waals surface area contributed by atoms with Crippen LogP contribution in [0.3, 0.4) is 0 Å². The summed E-state index contributed by atoms with van der Waals surface area (Å²) in [6.45, 7) is 2.69. The van der Waals surface area contributed by atoms with Crippen LogP contribution < -0.4 is 4.74 Å². The molecule has 1 aromatic rings. The van der Waals surface area contributed by atoms with E-state index in [1.54, 1.807) is 6.07 Å². The molecule has 1 fully saturated rings. The van der Waals surface area contributed by atoms with Crippen molar-refractivity contribution in [2.24, 2.45) is 5.41 Å². The molecule has 1 saturated carbocycles. The van der Waals surface area contributed by atoms with Crippen molar-refractivity contribution >= 4 is 16.1 Å². The first kappa shape index (κ1) is 13.1. The molecule has 1 aliphatic rings. The van der Waals surface area contributed by atoms with Crippen LogP contribution in [0.25, 0.3) is 0 Å². The molecule has 5 heteroatoms. The molecule has 98 valence electrons. The van der Waals surface area contributed by atoms with Gasteiger partial charge < -0.3 is 4.74 Å². The van der Waals surface area contributed by atoms with Crippen molar-refractivity contribution < 1.29 is 17.9 Å². The molecule has 0 N–H and O–H groups in total. The Hall–Kier alpha value is -1.36. The average molecular weight is 268 g/mol. The van der Waals surface area contributed by atoms with E-state index in [9.17, 15) is 13.2 Å². The van der Waals surface area contributed by atoms with E-state index in [0.29, 0.717) is 18.6 Å². The van der Waals surface area contributed by atoms with Crippen LogP contribution in [-0.2, 0) is 9.84 Å². The van der Waals surface area contributed by atoms with Crippen LogP contribution in [0.1, 0.15) is 30.1 Å². The minimum atomic E-state index is -3.30. The van der Waals surface area contributed by atoms with Gasteiger partial charge in [0.15, 0.2) is 16.1 Å². The molecule has 0 spiro atoms. The Bertz CT molecular complexity index is 571. The molecule has 0 amide bonds. The van der Waals surface area contributed by atoms with E-state index < -0.39 is 9.84 Å². The van der Waals surface area contributed by atoms with Crippen molar-refractivity contribution in [2.75, 3.05) is 12.9 Å². The van der Waals surface area contributed by atoms with Gasteiger partial charge >= 0.3 is 0 Å². The number of hydrogen-bond acceptors (Lipinski definition) is 4. The molecule has 0 saturated heterocycles. The molecule has 0 bridgehead atoms. The molecule has 0 aliphatic heterocycles. The summed E-state index contributed by atoms with van der Waals surface area (Å²) in [6.07, 6.45) is 4.00. The van der Waals surface area contributed by atoms with E-state index in [4.69, 9.17) is 4.74 Å². The molecule has 0 unspecified atom stereocenters. The van der Waals surface area contributed by atoms with Crippen LogP contribution in [0, 0.1) is 5.41 Å². The molecular formula is C13H16O4S. The highest BCUT2D eigenvalue weighted by atomic mass is 32.2. The topological polar surface area (TPSA) is 60.4 Å². The summed E-state index contributed by atoms with van der Waals surface area (Å²) in [5.74, 6) is 0.450. The first-order valence-electron chi connectivity index (χ1n) is 5.76. The van der Waals surface area contributed by atoms with Crippen LogP contribution in [0.4, 0.5) is 0 Å². The molecule has 0 atom stereocenters. The molecule has 0 heterocycles. The van der Waals surface area contributed by atoms with Crippen molar-refractivity contribution in [3.05, 3.63) is 23.8 Å². The SMILES string of the molecule is CC1(COc2ccc(S(C)(=O)=O)cc2C=O)CC1. The highest BCUT2D eigenvalue weighted by Crippen LogP contribution is 2.45. The standard InChI is InChI=1S/C13H16O4S/c1-13(5-6-13)9-17-12-4-3-11(18(2,15)16)7-10(12)8-14/h3-4,7-8H,5-6,9H2,1-2H3. The van der Waals surface area contributed by atoms with Gasteiger partial charge in [-0.2, -0.15) is 0 Å². The predicted molar refractivity (Wildman–Crippen MR) is 67.8 cm³/mol. The van der Waals surface area contributed by atoms with E-state index in [1.807, 2.05) is 0 Å². The third-order valence-corrected chi connectivity index (χ3v) is 4.33. The van der Waals surface area contributed by atoms with Crippen LogP contribution in [-0.4, -0.2) is 27.6 Å². The van der Waals surface area contributed by atoms with Gasteiger partial charge in [0, 0.05) is 11.7 Å². The number of ether oxygens (including phenoxy) is 1. The Balaban J connectivity index is 2.23. The number of rotatable bonds is 5. The lowest BCUT2D eigenvalue weighted by Crippen LogP contribution is -2.10. The fraction of sp³-hybridized carbons (Fsp3) is 0.462. The van der Waals surface area contributed by atoms with Crippen molar-refractivity contribution in [2.45, 2.75) is 24.7 Å². The van der Waals surface area contributed by atoms with Gasteiger partial charge in [-0.1, -0.05) is 6.92 Å². The van der Waals surface area contributed by atoms with E-state index in [2.05, 4.69) is 6.92 Å². The van der Waals surface area contributed by atoms with Crippen LogP contribution in [0.15, 0.2) is 23.1 Å². The van der Waals surface area contributed by atoms with Crippen LogP contribution >= 0.6 is 0 Å². The second-order valence-corrected chi connectivity index (χ2v) is 7.20. The summed E-state index contributed by atoms with van der Waals surface area (Å²) in [7, 11) is -3.30. The lowest BCUT2D eigenvalue weighted by Gasteiger charge is -2.13. The van der Waals surface area contributed by atoms with Gasteiger partial charge in [-0.15, -0.1) is 0 Å². The maximum absolute atomic E-state index is 11.4. The van der Waals surface area contributed by atoms with E-state index in [1.165, 1.54) is 12.1 Å². The van der Waals surface area contributed by atoms with E-state index in [0.717, 1.165) is 19.1 Å². The first-order valence-corrected chi connectivity index (χ1v) is 7.65. The van der Waals surface area contributed by atoms with E-state index in [-0.39, 0.29) is 15.9 Å². The highest BCUT2D eigenvalue weighted by molar-refractivity contribution is 7.90. The number of benzene rings is 1. The fourth-order valence-electron chi connectivity index (χ4n) is 1.59. The molecule has 1 aromatic carbocycles. The Labute approximate surface area is 107 Å². The summed E-state index contributed by atoms with van der Waals surface area (Å²) < 4.78 is 28.4. The number of carbonyl (C=O) groups excluding carboxylic acids is 1. The number of carbonyl (C=O) groups is 1. The summed E-state index contributed by atoms with van der Waals surface area (Å²) >= 11 is 0. The summed E-state index contributed by atoms with van der Waals surface area (Å²) in [6, 6.07) is 4.37. The second kappa shape index (κ2) is 4.39. The Morgan fingerprint density at radius 3 is 2.56 bits per heavy atom. The lowest BCUT2D eigenvalue weighted by atomic mass is 10.1. The molecule has 2 rings (SSSR count). The van der Waals surface area contributed by atoms with Gasteiger partial charge in [0.05, 0.1) is 17.1 Å². The monoisotopic (exact) mass is 268 g/mol. The first-order chi connectivity index (χ1) is 8.34. The molecule has 0 radical (unpaired) electrons. The van der Waals surface area contributed by atoms with Crippen LogP contribution in [0.5, 0.6) is 5.75 Å². The number of aldehydes is 1. The quantitative estimate of drug-likeness (QED) is 0.767. The van der Waals surface area contributed by atoms with Crippen molar-refractivity contribution in [3.63, 3.8) is 0 Å². The minimum Gasteiger partial charge on any atom is -0.492 e. The normalized spacial score (nSPS) is 17.2. The maximum Gasteiger partial charge on any atom is 0.175 e. The Morgan fingerprint density at radius 2 is 2.06 bits per heavy atom. The second-order valence-electron chi connectivity index (χ2n) is 5.19. The summed E-state index contributed by atoms with van der Waals surface area (Å²) in [4.78, 5) is 11.1. The highest BCUT2D eigenvalue weighted by Gasteiger charge is 2.38. The Morgan fingerprint density at radius 1 is 1.39 bits per heavy atom. The molecule has 4 nitrogen and oxygen atoms in total. The predicted octanol–water partition coefficient (Wildman–Crippen LogP) is 2.08. The minimum absolute atomic E-state index is 0.134. The largest absolute Gasteiger partial charge is 0.492 e. The molecule has 18 heavy (non-hydrogen) atoms. The van der Waals surface area contributed by atoms with Crippen LogP contribution in [0.2, 0.25) is 0 Å². The van der Waals surface area contributed by atoms with E-state index >= 15 is 0 Å². The number of hydrogen-bond donors (Lipinski definition) is 0. The zero-order chi connectivity index (χ0) is 13.4. The van der Waals surface area contributed by atoms with Gasteiger partial charge in [0.1, 0.15) is 5.75 Å². The molecule has 1 aliphatic carbocycles. The van der Waals surface area contributed by atoms with Gasteiger partial charge in [0.25, 0.3) is 0 Å². The van der Waals surface area contributed by atoms with Gasteiger partial charge in [-0.05, 0) is 31.0 Å². The fourth-order valence-corrected chi connectivity index (χ4v) is 2.25.